The van der Waals surface area contributed by atoms with Crippen LogP contribution in [-0.4, -0.2) is 6.29 Å². The number of hydrogen-bond donors (Lipinski definition) is 0. The van der Waals surface area contributed by atoms with Crippen molar-refractivity contribution in [1.82, 2.24) is 0 Å². The Hall–Kier alpha value is -0.590. The first-order chi connectivity index (χ1) is 5.27. The average molecular weight is 154 g/mol. The summed E-state index contributed by atoms with van der Waals surface area (Å²) in [5.41, 5.74) is 0. The second kappa shape index (κ2) is 7.52. The molecule has 0 aromatic heterocycles. The summed E-state index contributed by atoms with van der Waals surface area (Å²) in [6.45, 7) is 4.34. The third-order valence-corrected chi connectivity index (χ3v) is 1.46. The molecule has 0 radical (unpaired) electrons. The van der Waals surface area contributed by atoms with Crippen LogP contribution in [0.25, 0.3) is 0 Å². The molecule has 0 amide bonds. The summed E-state index contributed by atoms with van der Waals surface area (Å²) < 4.78 is 0. The Bertz CT molecular complexity index is 114. The van der Waals surface area contributed by atoms with Crippen LogP contribution in [0.5, 0.6) is 0 Å². The van der Waals surface area contributed by atoms with Gasteiger partial charge in [0.25, 0.3) is 0 Å². The number of aldehydes is 1. The number of carbonyl (C=O) groups excluding carboxylic acids is 1. The van der Waals surface area contributed by atoms with Crippen molar-refractivity contribution in [2.24, 2.45) is 5.92 Å². The maximum atomic E-state index is 9.93. The van der Waals surface area contributed by atoms with Gasteiger partial charge in [-0.1, -0.05) is 26.0 Å². The predicted molar refractivity (Wildman–Crippen MR) is 48.5 cm³/mol. The zero-order valence-corrected chi connectivity index (χ0v) is 7.55. The third-order valence-electron chi connectivity index (χ3n) is 1.46. The van der Waals surface area contributed by atoms with Gasteiger partial charge in [-0.25, -0.2) is 0 Å². The molecule has 0 saturated heterocycles. The molecule has 0 aliphatic carbocycles. The molecule has 0 heterocycles. The average Bonchev–Trinajstić information content (AvgIpc) is 1.96. The van der Waals surface area contributed by atoms with Crippen LogP contribution in [0.15, 0.2) is 12.2 Å². The van der Waals surface area contributed by atoms with Gasteiger partial charge in [-0.15, -0.1) is 0 Å². The Morgan fingerprint density at radius 2 is 1.82 bits per heavy atom. The zero-order valence-electron chi connectivity index (χ0n) is 7.55. The highest BCUT2D eigenvalue weighted by molar-refractivity contribution is 5.48. The van der Waals surface area contributed by atoms with Crippen LogP contribution < -0.4 is 0 Å². The van der Waals surface area contributed by atoms with Gasteiger partial charge in [0.05, 0.1) is 0 Å². The lowest BCUT2D eigenvalue weighted by Gasteiger charge is -1.93. The van der Waals surface area contributed by atoms with Crippen molar-refractivity contribution in [1.29, 1.82) is 0 Å². The Balaban J connectivity index is 3.07. The largest absolute Gasteiger partial charge is 0.303 e. The molecule has 0 rings (SSSR count). The van der Waals surface area contributed by atoms with Gasteiger partial charge in [0.1, 0.15) is 6.29 Å². The van der Waals surface area contributed by atoms with Crippen LogP contribution in [0.2, 0.25) is 0 Å². The number of carbonyl (C=O) groups is 1. The zero-order chi connectivity index (χ0) is 8.53. The molecule has 0 atom stereocenters. The molecule has 64 valence electrons. The normalized spacial score (nSPS) is 11.2. The van der Waals surface area contributed by atoms with Gasteiger partial charge in [0, 0.05) is 6.42 Å². The van der Waals surface area contributed by atoms with Gasteiger partial charge in [0.2, 0.25) is 0 Å². The van der Waals surface area contributed by atoms with Crippen molar-refractivity contribution in [2.75, 3.05) is 0 Å². The fourth-order valence-corrected chi connectivity index (χ4v) is 0.858. The van der Waals surface area contributed by atoms with E-state index in [0.717, 1.165) is 32.0 Å². The summed E-state index contributed by atoms with van der Waals surface area (Å²) in [6, 6.07) is 0. The first-order valence-corrected chi connectivity index (χ1v) is 4.37. The molecule has 0 aromatic carbocycles. The topological polar surface area (TPSA) is 17.1 Å². The van der Waals surface area contributed by atoms with Crippen molar-refractivity contribution >= 4 is 6.29 Å². The van der Waals surface area contributed by atoms with Gasteiger partial charge in [0.15, 0.2) is 0 Å². The van der Waals surface area contributed by atoms with Crippen molar-refractivity contribution in [3.05, 3.63) is 12.2 Å². The second-order valence-corrected chi connectivity index (χ2v) is 3.12. The molecular weight excluding hydrogens is 136 g/mol. The van der Waals surface area contributed by atoms with Gasteiger partial charge in [-0.2, -0.15) is 0 Å². The van der Waals surface area contributed by atoms with Crippen LogP contribution in [0, 0.1) is 5.92 Å². The number of allylic oxidation sites excluding steroid dienone is 2. The second-order valence-electron chi connectivity index (χ2n) is 3.12. The number of rotatable bonds is 6. The van der Waals surface area contributed by atoms with E-state index in [1.165, 1.54) is 0 Å². The molecule has 11 heavy (non-hydrogen) atoms. The van der Waals surface area contributed by atoms with E-state index in [-0.39, 0.29) is 0 Å². The standard InChI is InChI=1S/C10H18O/c1-10(2)8-6-4-3-5-7-9-11/h6,8-10H,3-5,7H2,1-2H3. The fraction of sp³-hybridized carbons (Fsp3) is 0.700. The fourth-order valence-electron chi connectivity index (χ4n) is 0.858. The van der Waals surface area contributed by atoms with Gasteiger partial charge in [-0.3, -0.25) is 0 Å². The minimum Gasteiger partial charge on any atom is -0.303 e. The Morgan fingerprint density at radius 3 is 2.36 bits per heavy atom. The lowest BCUT2D eigenvalue weighted by atomic mass is 10.1. The number of unbranched alkanes of at least 4 members (excludes halogenated alkanes) is 3. The predicted octanol–water partition coefficient (Wildman–Crippen LogP) is 2.96. The van der Waals surface area contributed by atoms with Crippen LogP contribution in [-0.2, 0) is 4.79 Å². The van der Waals surface area contributed by atoms with Crippen molar-refractivity contribution in [3.63, 3.8) is 0 Å². The molecule has 1 nitrogen and oxygen atoms in total. The molecule has 1 heteroatoms. The van der Waals surface area contributed by atoms with E-state index in [1.807, 2.05) is 0 Å². The lowest BCUT2D eigenvalue weighted by molar-refractivity contribution is -0.107. The van der Waals surface area contributed by atoms with E-state index < -0.39 is 0 Å². The van der Waals surface area contributed by atoms with Crippen LogP contribution in [0.4, 0.5) is 0 Å². The van der Waals surface area contributed by atoms with Crippen LogP contribution in [0.1, 0.15) is 39.5 Å². The number of hydrogen-bond acceptors (Lipinski definition) is 1. The van der Waals surface area contributed by atoms with Gasteiger partial charge < -0.3 is 4.79 Å². The lowest BCUT2D eigenvalue weighted by Crippen LogP contribution is -1.79. The van der Waals surface area contributed by atoms with E-state index in [0.29, 0.717) is 5.92 Å². The minimum atomic E-state index is 0.654. The van der Waals surface area contributed by atoms with E-state index in [1.54, 1.807) is 0 Å². The van der Waals surface area contributed by atoms with Gasteiger partial charge >= 0.3 is 0 Å². The third kappa shape index (κ3) is 9.41. The van der Waals surface area contributed by atoms with E-state index in [4.69, 9.17) is 0 Å². The summed E-state index contributed by atoms with van der Waals surface area (Å²) in [5.74, 6) is 0.654. The summed E-state index contributed by atoms with van der Waals surface area (Å²) in [7, 11) is 0. The van der Waals surface area contributed by atoms with E-state index in [2.05, 4.69) is 26.0 Å². The SMILES string of the molecule is CC(C)C=CCCCCC=O. The summed E-state index contributed by atoms with van der Waals surface area (Å²) in [5, 5.41) is 0. The Labute approximate surface area is 69.5 Å². The molecule has 0 N–H and O–H groups in total. The van der Waals surface area contributed by atoms with Crippen LogP contribution >= 0.6 is 0 Å². The quantitative estimate of drug-likeness (QED) is 0.326. The summed E-state index contributed by atoms with van der Waals surface area (Å²) in [4.78, 5) is 9.93. The molecule has 0 aromatic rings. The molecule has 0 aliphatic rings. The molecule has 0 bridgehead atoms. The van der Waals surface area contributed by atoms with Crippen molar-refractivity contribution < 1.29 is 4.79 Å². The molecule has 0 aliphatic heterocycles. The maximum Gasteiger partial charge on any atom is 0.119 e. The van der Waals surface area contributed by atoms with Crippen molar-refractivity contribution in [3.8, 4) is 0 Å². The molecule has 0 unspecified atom stereocenters. The monoisotopic (exact) mass is 154 g/mol. The minimum absolute atomic E-state index is 0.654. The molecule has 0 saturated carbocycles. The summed E-state index contributed by atoms with van der Waals surface area (Å²) in [6.07, 6.45) is 9.41. The van der Waals surface area contributed by atoms with Crippen molar-refractivity contribution in [2.45, 2.75) is 39.5 Å². The summed E-state index contributed by atoms with van der Waals surface area (Å²) >= 11 is 0. The van der Waals surface area contributed by atoms with Crippen LogP contribution in [0.3, 0.4) is 0 Å². The van der Waals surface area contributed by atoms with Gasteiger partial charge in [-0.05, 0) is 25.2 Å². The maximum absolute atomic E-state index is 9.93. The highest BCUT2D eigenvalue weighted by atomic mass is 16.1. The highest BCUT2D eigenvalue weighted by Crippen LogP contribution is 2.01. The smallest absolute Gasteiger partial charge is 0.119 e. The van der Waals surface area contributed by atoms with E-state index >= 15 is 0 Å². The molecule has 0 spiro atoms. The molecule has 0 fully saturated rings. The van der Waals surface area contributed by atoms with E-state index in [9.17, 15) is 4.79 Å². The Kier molecular flexibility index (Phi) is 7.11. The first kappa shape index (κ1) is 10.4. The Morgan fingerprint density at radius 1 is 1.18 bits per heavy atom. The highest BCUT2D eigenvalue weighted by Gasteiger charge is 1.85. The molecular formula is C10H18O. The first-order valence-electron chi connectivity index (χ1n) is 4.37.